The Balaban J connectivity index is 0.720. The van der Waals surface area contributed by atoms with Gasteiger partial charge in [-0.1, -0.05) is 92.5 Å². The van der Waals surface area contributed by atoms with E-state index in [-0.39, 0.29) is 63.5 Å². The number of anilines is 3. The van der Waals surface area contributed by atoms with Crippen molar-refractivity contribution in [3.8, 4) is 23.1 Å². The Kier molecular flexibility index (Phi) is 21.3. The summed E-state index contributed by atoms with van der Waals surface area (Å²) in [5.41, 5.74) is 1.07. The Labute approximate surface area is 488 Å². The standard InChI is InChI=1S/C61H72Cl2F2N10O7/c1-60(2,3)35-52-61(38-66,46-21-16-41(62)34-48(46)64)53(44-13-10-14-47(63)54(44)65)55(73-52)57(77)71-50-22-15-40(33-51(50)78-6)56(76)67-25-26-79-27-28-80-29-30-81-31-32-82-43-19-17-42(18-20-43)70-59-68-24-23-49(72-59)45-36-69-75(58(45)74(4)5)37-39-11-8-7-9-12-39/h7-16,21-24,33-34,36,42-43,52-53,55,73H,17-20,25-32,35,37H2,1-6H3,(H,67,76)(H,71,77)(H,68,70,72)/t42-,43-,52-,53-,55+,61-/m0/s1. The highest BCUT2D eigenvalue weighted by Crippen LogP contribution is 2.53. The predicted octanol–water partition coefficient (Wildman–Crippen LogP) is 10.2. The molecule has 21 heteroatoms. The molecule has 1 aliphatic heterocycles. The van der Waals surface area contributed by atoms with E-state index in [0.717, 1.165) is 48.8 Å². The molecule has 8 rings (SSSR count). The molecule has 436 valence electrons. The molecule has 0 bridgehead atoms. The quantitative estimate of drug-likeness (QED) is 0.0374. The number of nitrogens with zero attached hydrogens (tertiary/aromatic N) is 6. The Bertz CT molecular complexity index is 3150. The first kappa shape index (κ1) is 61.3. The van der Waals surface area contributed by atoms with Gasteiger partial charge >= 0.3 is 0 Å². The number of amides is 2. The van der Waals surface area contributed by atoms with Crippen LogP contribution in [0.4, 0.5) is 26.2 Å². The molecule has 0 unspecified atom stereocenters. The molecule has 2 fully saturated rings. The van der Waals surface area contributed by atoms with Gasteiger partial charge in [0, 0.05) is 61.0 Å². The van der Waals surface area contributed by atoms with E-state index in [9.17, 15) is 14.9 Å². The first-order valence-corrected chi connectivity index (χ1v) is 28.3. The van der Waals surface area contributed by atoms with Crippen molar-refractivity contribution >= 4 is 52.5 Å². The topological polar surface area (TPSA) is 199 Å². The van der Waals surface area contributed by atoms with Crippen LogP contribution in [0.2, 0.25) is 10.0 Å². The molecule has 4 atom stereocenters. The van der Waals surface area contributed by atoms with Crippen molar-refractivity contribution in [1.29, 1.82) is 5.26 Å². The lowest BCUT2D eigenvalue weighted by Gasteiger charge is -2.37. The molecule has 17 nitrogen and oxygen atoms in total. The summed E-state index contributed by atoms with van der Waals surface area (Å²) in [6.07, 6.45) is 7.85. The molecule has 2 aliphatic rings. The fraction of sp³-hybridized carbons (Fsp3) is 0.443. The van der Waals surface area contributed by atoms with Crippen LogP contribution in [-0.4, -0.2) is 130 Å². The number of ether oxygens (including phenoxy) is 5. The molecule has 6 aromatic rings. The van der Waals surface area contributed by atoms with Gasteiger partial charge in [-0.05, 0) is 91.1 Å². The van der Waals surface area contributed by atoms with Crippen LogP contribution < -0.4 is 30.9 Å². The molecule has 1 aliphatic carbocycles. The Morgan fingerprint density at radius 3 is 2.29 bits per heavy atom. The lowest BCUT2D eigenvalue weighted by atomic mass is 9.62. The summed E-state index contributed by atoms with van der Waals surface area (Å²) < 4.78 is 63.1. The maximum atomic E-state index is 16.2. The van der Waals surface area contributed by atoms with Crippen LogP contribution in [0, 0.1) is 28.4 Å². The lowest BCUT2D eigenvalue weighted by Crippen LogP contribution is -2.45. The zero-order valence-corrected chi connectivity index (χ0v) is 48.7. The number of carbonyl (C=O) groups excluding carboxylic acids is 2. The number of nitrogens with one attached hydrogen (secondary N) is 4. The minimum Gasteiger partial charge on any atom is -0.495 e. The molecule has 0 spiro atoms. The van der Waals surface area contributed by atoms with Gasteiger partial charge in [-0.15, -0.1) is 0 Å². The first-order chi connectivity index (χ1) is 39.5. The number of hydrogen-bond acceptors (Lipinski definition) is 14. The van der Waals surface area contributed by atoms with Crippen molar-refractivity contribution in [3.63, 3.8) is 0 Å². The fourth-order valence-corrected chi connectivity index (χ4v) is 11.2. The van der Waals surface area contributed by atoms with Gasteiger partial charge < -0.3 is 49.9 Å². The molecule has 4 aromatic carbocycles. The Morgan fingerprint density at radius 2 is 1.61 bits per heavy atom. The van der Waals surface area contributed by atoms with Crippen molar-refractivity contribution in [3.05, 3.63) is 147 Å². The van der Waals surface area contributed by atoms with Gasteiger partial charge in [-0.3, -0.25) is 9.59 Å². The summed E-state index contributed by atoms with van der Waals surface area (Å²) >= 11 is 12.5. The number of aromatic nitrogens is 4. The number of nitriles is 1. The van der Waals surface area contributed by atoms with Crippen LogP contribution in [-0.2, 0) is 35.7 Å². The molecule has 4 N–H and O–H groups in total. The van der Waals surface area contributed by atoms with Crippen LogP contribution in [0.1, 0.15) is 85.8 Å². The maximum absolute atomic E-state index is 16.2. The van der Waals surface area contributed by atoms with E-state index >= 15 is 8.78 Å². The molecular formula is C61H72Cl2F2N10O7. The number of methoxy groups -OCH3 is 1. The largest absolute Gasteiger partial charge is 0.495 e. The van der Waals surface area contributed by atoms with Crippen LogP contribution >= 0.6 is 23.2 Å². The summed E-state index contributed by atoms with van der Waals surface area (Å²) in [5, 5.41) is 28.3. The average Bonchev–Trinajstić information content (AvgIpc) is 3.60. The summed E-state index contributed by atoms with van der Waals surface area (Å²) in [4.78, 5) is 39.2. The highest BCUT2D eigenvalue weighted by Gasteiger charge is 2.61. The fourth-order valence-electron chi connectivity index (χ4n) is 10.9. The van der Waals surface area contributed by atoms with Crippen molar-refractivity contribution in [2.75, 3.05) is 89.5 Å². The Morgan fingerprint density at radius 1 is 0.890 bits per heavy atom. The smallest absolute Gasteiger partial charge is 0.251 e. The average molecular weight is 1170 g/mol. The van der Waals surface area contributed by atoms with Gasteiger partial charge in [0.1, 0.15) is 28.6 Å². The van der Waals surface area contributed by atoms with E-state index in [1.165, 1.54) is 61.2 Å². The second-order valence-corrected chi connectivity index (χ2v) is 22.7. The predicted molar refractivity (Wildman–Crippen MR) is 313 cm³/mol. The summed E-state index contributed by atoms with van der Waals surface area (Å²) in [6, 6.07) is 25.5. The van der Waals surface area contributed by atoms with E-state index in [4.69, 9.17) is 57.0 Å². The zero-order chi connectivity index (χ0) is 58.4. The minimum atomic E-state index is -1.81. The number of hydrogen-bond donors (Lipinski definition) is 4. The van der Waals surface area contributed by atoms with Gasteiger partial charge in [0.05, 0.1) is 106 Å². The highest BCUT2D eigenvalue weighted by molar-refractivity contribution is 6.31. The minimum absolute atomic E-state index is 0.0405. The summed E-state index contributed by atoms with van der Waals surface area (Å²) in [7, 11) is 5.42. The molecule has 2 aromatic heterocycles. The molecule has 82 heavy (non-hydrogen) atoms. The van der Waals surface area contributed by atoms with E-state index in [2.05, 4.69) is 49.4 Å². The highest BCUT2D eigenvalue weighted by atomic mass is 35.5. The maximum Gasteiger partial charge on any atom is 0.251 e. The number of carbonyl (C=O) groups is 2. The van der Waals surface area contributed by atoms with Crippen molar-refractivity contribution in [2.24, 2.45) is 5.41 Å². The van der Waals surface area contributed by atoms with Gasteiger partial charge in [0.25, 0.3) is 5.91 Å². The van der Waals surface area contributed by atoms with Gasteiger partial charge in [-0.25, -0.2) is 23.4 Å². The monoisotopic (exact) mass is 1160 g/mol. The summed E-state index contributed by atoms with van der Waals surface area (Å²) in [6.45, 7) is 9.39. The molecular weight excluding hydrogens is 1090 g/mol. The van der Waals surface area contributed by atoms with Gasteiger partial charge in [0.2, 0.25) is 11.9 Å². The van der Waals surface area contributed by atoms with Crippen molar-refractivity contribution in [2.45, 2.75) is 95.0 Å². The lowest BCUT2D eigenvalue weighted by molar-refractivity contribution is -0.118. The number of rotatable bonds is 26. The third kappa shape index (κ3) is 15.3. The van der Waals surface area contributed by atoms with Crippen LogP contribution in [0.15, 0.2) is 103 Å². The van der Waals surface area contributed by atoms with E-state index in [1.54, 1.807) is 6.20 Å². The second-order valence-electron chi connectivity index (χ2n) is 21.9. The van der Waals surface area contributed by atoms with Crippen molar-refractivity contribution < 1.29 is 42.1 Å². The van der Waals surface area contributed by atoms with Gasteiger partial charge in [0.15, 0.2) is 0 Å². The van der Waals surface area contributed by atoms with Gasteiger partial charge in [-0.2, -0.15) is 10.4 Å². The molecule has 1 saturated heterocycles. The molecule has 0 radical (unpaired) electrons. The van der Waals surface area contributed by atoms with Crippen LogP contribution in [0.5, 0.6) is 5.75 Å². The molecule has 2 amide bonds. The Hall–Kier alpha value is -6.76. The van der Waals surface area contributed by atoms with Crippen LogP contribution in [0.3, 0.4) is 0 Å². The number of benzene rings is 4. The van der Waals surface area contributed by atoms with Crippen LogP contribution in [0.25, 0.3) is 11.3 Å². The third-order valence-electron chi connectivity index (χ3n) is 14.7. The number of halogens is 4. The SMILES string of the molecule is COc1cc(C(=O)NCCOCCOCCOCCO[C@H]2CC[C@H](Nc3nccc(-c4cnn(Cc5ccccc5)c4N(C)C)n3)CC2)ccc1NC(=O)[C@@H]1N[C@@H](CC(C)(C)C)[C@](C#N)(c2ccc(Cl)cc2F)[C@H]1c1cccc(Cl)c1F. The van der Waals surface area contributed by atoms with E-state index in [1.807, 2.05) is 70.0 Å². The normalized spacial score (nSPS) is 19.8. The molecule has 1 saturated carbocycles. The summed E-state index contributed by atoms with van der Waals surface area (Å²) in [5.74, 6) is -2.20. The first-order valence-electron chi connectivity index (χ1n) is 27.5. The molecule has 3 heterocycles. The third-order valence-corrected chi connectivity index (χ3v) is 15.2. The van der Waals surface area contributed by atoms with E-state index in [0.29, 0.717) is 58.6 Å². The van der Waals surface area contributed by atoms with E-state index < -0.39 is 52.3 Å². The second kappa shape index (κ2) is 28.5. The zero-order valence-electron chi connectivity index (χ0n) is 47.2. The van der Waals surface area contributed by atoms with Crippen molar-refractivity contribution in [1.82, 2.24) is 30.4 Å².